The predicted octanol–water partition coefficient (Wildman–Crippen LogP) is 3.25. The highest BCUT2D eigenvalue weighted by Gasteiger charge is 2.44. The van der Waals surface area contributed by atoms with Gasteiger partial charge >= 0.3 is 0 Å². The van der Waals surface area contributed by atoms with Gasteiger partial charge in [0.25, 0.3) is 12.3 Å². The maximum atomic E-state index is 12.9. The van der Waals surface area contributed by atoms with Gasteiger partial charge in [-0.3, -0.25) is 9.48 Å². The fraction of sp³-hybridized carbons (Fsp3) is 0.409. The number of piperidine rings is 1. The number of amides is 1. The van der Waals surface area contributed by atoms with Gasteiger partial charge in [0.2, 0.25) is 0 Å². The molecule has 0 N–H and O–H groups in total. The van der Waals surface area contributed by atoms with E-state index in [0.717, 1.165) is 17.8 Å². The Morgan fingerprint density at radius 3 is 2.58 bits per heavy atom. The molecule has 1 amide bonds. The summed E-state index contributed by atoms with van der Waals surface area (Å²) in [7, 11) is 1.51. The van der Waals surface area contributed by atoms with E-state index in [4.69, 9.17) is 9.84 Å². The third-order valence-corrected chi connectivity index (χ3v) is 6.19. The van der Waals surface area contributed by atoms with Crippen LogP contribution in [0.25, 0.3) is 5.69 Å². The van der Waals surface area contributed by atoms with Crippen LogP contribution >= 0.6 is 0 Å². The van der Waals surface area contributed by atoms with E-state index in [0.29, 0.717) is 32.5 Å². The van der Waals surface area contributed by atoms with Crippen molar-refractivity contribution in [2.75, 3.05) is 19.7 Å². The number of likely N-dealkylation sites (tertiary alicyclic amines) is 1. The van der Waals surface area contributed by atoms with E-state index >= 15 is 0 Å². The number of carbonyl (C=O) groups excluding carboxylic acids is 1. The molecule has 0 unspecified atom stereocenters. The van der Waals surface area contributed by atoms with Crippen LogP contribution < -0.4 is 0 Å². The number of aryl methyl sites for hydroxylation is 1. The molecule has 2 aliphatic heterocycles. The zero-order valence-electron chi connectivity index (χ0n) is 17.2. The van der Waals surface area contributed by atoms with Crippen molar-refractivity contribution in [2.45, 2.75) is 31.3 Å². The molecule has 0 radical (unpaired) electrons. The number of fused-ring (bicyclic) bond motifs is 2. The zero-order chi connectivity index (χ0) is 21.6. The average molecular weight is 427 g/mol. The molecule has 0 aliphatic carbocycles. The highest BCUT2D eigenvalue weighted by molar-refractivity contribution is 5.92. The number of para-hydroxylation sites is 1. The van der Waals surface area contributed by atoms with Crippen molar-refractivity contribution in [2.24, 2.45) is 7.05 Å². The van der Waals surface area contributed by atoms with Gasteiger partial charge in [-0.15, -0.1) is 0 Å². The van der Waals surface area contributed by atoms with Gasteiger partial charge in [0.05, 0.1) is 18.0 Å². The Kier molecular flexibility index (Phi) is 4.85. The number of nitrogens with zero attached hydrogens (tertiary/aromatic N) is 5. The van der Waals surface area contributed by atoms with Gasteiger partial charge in [-0.1, -0.05) is 18.2 Å². The molecular formula is C22H23F2N5O2. The molecule has 2 aliphatic rings. The van der Waals surface area contributed by atoms with Crippen LogP contribution in [0.2, 0.25) is 0 Å². The van der Waals surface area contributed by atoms with Crippen LogP contribution in [0.5, 0.6) is 0 Å². The minimum atomic E-state index is -2.70. The van der Waals surface area contributed by atoms with Gasteiger partial charge in [-0.25, -0.2) is 13.5 Å². The number of hydrogen-bond acceptors (Lipinski definition) is 4. The van der Waals surface area contributed by atoms with Crippen molar-refractivity contribution in [3.63, 3.8) is 0 Å². The monoisotopic (exact) mass is 427 g/mol. The molecular weight excluding hydrogens is 404 g/mol. The molecule has 1 aromatic carbocycles. The molecule has 0 saturated carbocycles. The van der Waals surface area contributed by atoms with Crippen LogP contribution in [0.4, 0.5) is 8.78 Å². The molecule has 9 heteroatoms. The first-order valence-corrected chi connectivity index (χ1v) is 10.4. The number of alkyl halides is 2. The molecule has 1 spiro atoms. The van der Waals surface area contributed by atoms with Crippen molar-refractivity contribution in [1.82, 2.24) is 24.5 Å². The standard InChI is InChI=1S/C22H23F2N5O2/c1-27-18(13-17(25-27)20(23)24)21(30)28-10-8-22(9-11-28)19-15(7-12-31-22)14-29(26-19)16-5-3-2-4-6-16/h2-6,13-14,20H,7-12H2,1H3. The van der Waals surface area contributed by atoms with Gasteiger partial charge in [0, 0.05) is 26.3 Å². The summed E-state index contributed by atoms with van der Waals surface area (Å²) in [4.78, 5) is 14.6. The van der Waals surface area contributed by atoms with Crippen LogP contribution in [0, 0.1) is 0 Å². The second-order valence-corrected chi connectivity index (χ2v) is 8.05. The molecule has 5 rings (SSSR count). The number of rotatable bonds is 3. The number of carbonyl (C=O) groups is 1. The Bertz CT molecular complexity index is 1100. The van der Waals surface area contributed by atoms with Crippen LogP contribution in [-0.2, 0) is 23.8 Å². The van der Waals surface area contributed by atoms with Crippen molar-refractivity contribution in [3.8, 4) is 5.69 Å². The lowest BCUT2D eigenvalue weighted by Crippen LogP contribution is -2.48. The van der Waals surface area contributed by atoms with E-state index < -0.39 is 12.0 Å². The first-order chi connectivity index (χ1) is 15.0. The number of halogens is 2. The van der Waals surface area contributed by atoms with Gasteiger partial charge in [-0.05, 0) is 43.0 Å². The molecule has 162 valence electrons. The topological polar surface area (TPSA) is 65.2 Å². The zero-order valence-corrected chi connectivity index (χ0v) is 17.2. The van der Waals surface area contributed by atoms with E-state index in [1.807, 2.05) is 35.0 Å². The maximum absolute atomic E-state index is 12.9. The summed E-state index contributed by atoms with van der Waals surface area (Å²) in [5, 5.41) is 8.61. The molecule has 1 saturated heterocycles. The third kappa shape index (κ3) is 3.42. The summed E-state index contributed by atoms with van der Waals surface area (Å²) >= 11 is 0. The summed E-state index contributed by atoms with van der Waals surface area (Å²) in [5.41, 5.74) is 2.37. The molecule has 3 aromatic rings. The van der Waals surface area contributed by atoms with Crippen molar-refractivity contribution >= 4 is 5.91 Å². The van der Waals surface area contributed by atoms with Crippen LogP contribution in [0.3, 0.4) is 0 Å². The first-order valence-electron chi connectivity index (χ1n) is 10.4. The van der Waals surface area contributed by atoms with Crippen LogP contribution in [-0.4, -0.2) is 50.1 Å². The Labute approximate surface area is 178 Å². The largest absolute Gasteiger partial charge is 0.368 e. The molecule has 1 fully saturated rings. The normalized spacial score (nSPS) is 17.9. The second-order valence-electron chi connectivity index (χ2n) is 8.05. The van der Waals surface area contributed by atoms with E-state index in [1.165, 1.54) is 23.4 Å². The van der Waals surface area contributed by atoms with E-state index in [9.17, 15) is 13.6 Å². The minimum absolute atomic E-state index is 0.171. The second kappa shape index (κ2) is 7.56. The van der Waals surface area contributed by atoms with E-state index in [1.54, 1.807) is 4.90 Å². The predicted molar refractivity (Wildman–Crippen MR) is 108 cm³/mol. The number of hydrogen-bond donors (Lipinski definition) is 0. The third-order valence-electron chi connectivity index (χ3n) is 6.19. The van der Waals surface area contributed by atoms with Crippen molar-refractivity contribution < 1.29 is 18.3 Å². The van der Waals surface area contributed by atoms with Gasteiger partial charge in [-0.2, -0.15) is 10.2 Å². The van der Waals surface area contributed by atoms with Gasteiger partial charge in [0.15, 0.2) is 0 Å². The average Bonchev–Trinajstić information content (AvgIpc) is 3.40. The minimum Gasteiger partial charge on any atom is -0.368 e. The molecule has 0 bridgehead atoms. The Morgan fingerprint density at radius 2 is 1.90 bits per heavy atom. The summed E-state index contributed by atoms with van der Waals surface area (Å²) in [6.45, 7) is 1.54. The van der Waals surface area contributed by atoms with Crippen LogP contribution in [0.1, 0.15) is 46.7 Å². The van der Waals surface area contributed by atoms with E-state index in [-0.39, 0.29) is 17.3 Å². The van der Waals surface area contributed by atoms with Gasteiger partial charge in [0.1, 0.15) is 17.0 Å². The smallest absolute Gasteiger partial charge is 0.282 e. The molecule has 4 heterocycles. The van der Waals surface area contributed by atoms with Crippen LogP contribution in [0.15, 0.2) is 42.6 Å². The lowest BCUT2D eigenvalue weighted by molar-refractivity contribution is -0.0964. The number of benzene rings is 1. The lowest BCUT2D eigenvalue weighted by atomic mass is 9.83. The Morgan fingerprint density at radius 1 is 1.16 bits per heavy atom. The van der Waals surface area contributed by atoms with E-state index in [2.05, 4.69) is 11.3 Å². The quantitative estimate of drug-likeness (QED) is 0.644. The fourth-order valence-corrected chi connectivity index (χ4v) is 4.52. The summed E-state index contributed by atoms with van der Waals surface area (Å²) in [6.07, 6.45) is 1.38. The molecule has 2 aromatic heterocycles. The fourth-order valence-electron chi connectivity index (χ4n) is 4.52. The summed E-state index contributed by atoms with van der Waals surface area (Å²) in [5.74, 6) is -0.289. The maximum Gasteiger partial charge on any atom is 0.282 e. The number of ether oxygens (including phenoxy) is 1. The number of aromatic nitrogens is 4. The summed E-state index contributed by atoms with van der Waals surface area (Å²) < 4.78 is 35.2. The lowest BCUT2D eigenvalue weighted by Gasteiger charge is -2.42. The summed E-state index contributed by atoms with van der Waals surface area (Å²) in [6, 6.07) is 11.1. The SMILES string of the molecule is Cn1nc(C(F)F)cc1C(=O)N1CCC2(CC1)OCCc1cn(-c3ccccc3)nc12. The first kappa shape index (κ1) is 19.9. The molecule has 0 atom stereocenters. The molecule has 7 nitrogen and oxygen atoms in total. The Balaban J connectivity index is 1.36. The van der Waals surface area contributed by atoms with Crippen molar-refractivity contribution in [3.05, 3.63) is 65.2 Å². The van der Waals surface area contributed by atoms with Crippen molar-refractivity contribution in [1.29, 1.82) is 0 Å². The van der Waals surface area contributed by atoms with Gasteiger partial charge < -0.3 is 9.64 Å². The molecule has 31 heavy (non-hydrogen) atoms. The highest BCUT2D eigenvalue weighted by atomic mass is 19.3. The Hall–Kier alpha value is -3.07. The highest BCUT2D eigenvalue weighted by Crippen LogP contribution is 2.41.